The number of anilines is 1. The number of benzene rings is 2. The van der Waals surface area contributed by atoms with Gasteiger partial charge in [0, 0.05) is 4.90 Å². The quantitative estimate of drug-likeness (QED) is 0.607. The molecule has 6 heteroatoms. The predicted octanol–water partition coefficient (Wildman–Crippen LogP) is 4.57. The Bertz CT molecular complexity index is 919. The van der Waals surface area contributed by atoms with Crippen LogP contribution in [0.2, 0.25) is 0 Å². The molecule has 27 heavy (non-hydrogen) atoms. The second-order valence-electron chi connectivity index (χ2n) is 6.41. The molecule has 0 unspecified atom stereocenters. The van der Waals surface area contributed by atoms with Crippen LogP contribution in [0.4, 0.5) is 6.01 Å². The van der Waals surface area contributed by atoms with E-state index in [0.29, 0.717) is 12.3 Å². The summed E-state index contributed by atoms with van der Waals surface area (Å²) in [5.74, 6) is 1.36. The molecule has 3 rings (SSSR count). The van der Waals surface area contributed by atoms with Gasteiger partial charge >= 0.3 is 6.01 Å². The minimum atomic E-state index is -0.168. The zero-order chi connectivity index (χ0) is 19.2. The van der Waals surface area contributed by atoms with Gasteiger partial charge in [-0.3, -0.25) is 10.1 Å². The van der Waals surface area contributed by atoms with Crippen molar-refractivity contribution in [2.75, 3.05) is 11.1 Å². The van der Waals surface area contributed by atoms with Crippen molar-refractivity contribution in [3.63, 3.8) is 0 Å². The summed E-state index contributed by atoms with van der Waals surface area (Å²) in [4.78, 5) is 13.5. The Hall–Kier alpha value is -2.60. The molecule has 0 spiro atoms. The molecule has 1 amide bonds. The number of nitrogens with one attached hydrogen (secondary N) is 1. The van der Waals surface area contributed by atoms with Crippen molar-refractivity contribution in [1.29, 1.82) is 0 Å². The second kappa shape index (κ2) is 8.86. The van der Waals surface area contributed by atoms with Crippen molar-refractivity contribution in [2.45, 2.75) is 38.5 Å². The van der Waals surface area contributed by atoms with Crippen LogP contribution in [0, 0.1) is 13.8 Å². The van der Waals surface area contributed by atoms with Crippen molar-refractivity contribution in [3.8, 4) is 0 Å². The number of carbonyl (C=O) groups excluding carboxylic acids is 1. The summed E-state index contributed by atoms with van der Waals surface area (Å²) in [7, 11) is 0. The first-order valence-electron chi connectivity index (χ1n) is 8.93. The SMILES string of the molecule is CCSc1ccc(Cc2nnc(NC(=O)Cc3ccc(C)cc3C)o2)cc1. The van der Waals surface area contributed by atoms with E-state index in [1.165, 1.54) is 10.5 Å². The molecule has 2 aromatic carbocycles. The van der Waals surface area contributed by atoms with E-state index in [-0.39, 0.29) is 18.3 Å². The molecule has 0 fully saturated rings. The van der Waals surface area contributed by atoms with Crippen molar-refractivity contribution < 1.29 is 9.21 Å². The van der Waals surface area contributed by atoms with Gasteiger partial charge in [0.05, 0.1) is 12.8 Å². The molecule has 0 saturated heterocycles. The second-order valence-corrected chi connectivity index (χ2v) is 7.75. The van der Waals surface area contributed by atoms with Gasteiger partial charge in [-0.05, 0) is 48.4 Å². The third-order valence-electron chi connectivity index (χ3n) is 4.15. The van der Waals surface area contributed by atoms with Crippen LogP contribution < -0.4 is 5.32 Å². The molecule has 5 nitrogen and oxygen atoms in total. The first-order valence-corrected chi connectivity index (χ1v) is 9.92. The molecule has 0 aliphatic carbocycles. The molecule has 0 saturated carbocycles. The number of rotatable bonds is 7. The summed E-state index contributed by atoms with van der Waals surface area (Å²) in [6.07, 6.45) is 0.817. The average Bonchev–Trinajstić information content (AvgIpc) is 3.06. The number of amides is 1. The van der Waals surface area contributed by atoms with E-state index >= 15 is 0 Å². The van der Waals surface area contributed by atoms with Crippen LogP contribution in [0.1, 0.15) is 35.1 Å². The maximum absolute atomic E-state index is 12.2. The van der Waals surface area contributed by atoms with E-state index in [9.17, 15) is 4.79 Å². The largest absolute Gasteiger partial charge is 0.407 e. The number of thioether (sulfide) groups is 1. The van der Waals surface area contributed by atoms with Crippen molar-refractivity contribution in [1.82, 2.24) is 10.2 Å². The molecular formula is C21H23N3O2S. The fourth-order valence-electron chi connectivity index (χ4n) is 2.80. The first-order chi connectivity index (χ1) is 13.0. The van der Waals surface area contributed by atoms with Gasteiger partial charge in [-0.25, -0.2) is 0 Å². The molecule has 1 N–H and O–H groups in total. The molecule has 1 heterocycles. The zero-order valence-electron chi connectivity index (χ0n) is 15.8. The molecule has 0 atom stereocenters. The molecule has 0 radical (unpaired) electrons. The van der Waals surface area contributed by atoms with E-state index in [1.807, 2.05) is 26.0 Å². The predicted molar refractivity (Wildman–Crippen MR) is 108 cm³/mol. The fraction of sp³-hybridized carbons (Fsp3) is 0.286. The van der Waals surface area contributed by atoms with Crippen LogP contribution in [-0.4, -0.2) is 21.9 Å². The van der Waals surface area contributed by atoms with E-state index in [4.69, 9.17) is 4.42 Å². The number of aryl methyl sites for hydroxylation is 2. The van der Waals surface area contributed by atoms with Crippen molar-refractivity contribution in [3.05, 3.63) is 70.6 Å². The number of hydrogen-bond donors (Lipinski definition) is 1. The molecule has 0 bridgehead atoms. The standard InChI is InChI=1S/C21H23N3O2S/c1-4-27-18-9-6-16(7-10-18)12-20-23-24-21(26-20)22-19(25)13-17-8-5-14(2)11-15(17)3/h5-11H,4,12-13H2,1-3H3,(H,22,24,25). The molecule has 0 aliphatic rings. The third-order valence-corrected chi connectivity index (χ3v) is 5.05. The van der Waals surface area contributed by atoms with Gasteiger partial charge in [-0.2, -0.15) is 0 Å². The number of aromatic nitrogens is 2. The summed E-state index contributed by atoms with van der Waals surface area (Å²) < 4.78 is 5.56. The number of nitrogens with zero attached hydrogens (tertiary/aromatic N) is 2. The van der Waals surface area contributed by atoms with Gasteiger partial charge < -0.3 is 4.42 Å². The van der Waals surface area contributed by atoms with Gasteiger partial charge in [0.15, 0.2) is 0 Å². The minimum Gasteiger partial charge on any atom is -0.407 e. The van der Waals surface area contributed by atoms with E-state index in [2.05, 4.69) is 52.8 Å². The Kier molecular flexibility index (Phi) is 6.29. The van der Waals surface area contributed by atoms with Crippen molar-refractivity contribution in [2.24, 2.45) is 0 Å². The molecule has 140 valence electrons. The maximum Gasteiger partial charge on any atom is 0.322 e. The highest BCUT2D eigenvalue weighted by Gasteiger charge is 2.12. The zero-order valence-corrected chi connectivity index (χ0v) is 16.6. The normalized spacial score (nSPS) is 10.8. The summed E-state index contributed by atoms with van der Waals surface area (Å²) in [6, 6.07) is 14.5. The highest BCUT2D eigenvalue weighted by Crippen LogP contribution is 2.19. The van der Waals surface area contributed by atoms with Gasteiger partial charge in [-0.1, -0.05) is 47.9 Å². The van der Waals surface area contributed by atoms with Crippen LogP contribution in [0.25, 0.3) is 0 Å². The Balaban J connectivity index is 1.57. The van der Waals surface area contributed by atoms with Crippen LogP contribution >= 0.6 is 11.8 Å². The topological polar surface area (TPSA) is 68.0 Å². The van der Waals surface area contributed by atoms with E-state index in [1.54, 1.807) is 11.8 Å². The van der Waals surface area contributed by atoms with Gasteiger partial charge in [-0.15, -0.1) is 16.9 Å². The van der Waals surface area contributed by atoms with Crippen LogP contribution in [0.3, 0.4) is 0 Å². The summed E-state index contributed by atoms with van der Waals surface area (Å²) in [6.45, 7) is 6.17. The number of carbonyl (C=O) groups is 1. The minimum absolute atomic E-state index is 0.137. The highest BCUT2D eigenvalue weighted by atomic mass is 32.2. The van der Waals surface area contributed by atoms with Gasteiger partial charge in [0.25, 0.3) is 0 Å². The van der Waals surface area contributed by atoms with E-state index in [0.717, 1.165) is 22.4 Å². The van der Waals surface area contributed by atoms with Crippen LogP contribution in [0.5, 0.6) is 0 Å². The average molecular weight is 382 g/mol. The van der Waals surface area contributed by atoms with Gasteiger partial charge in [0.2, 0.25) is 11.8 Å². The van der Waals surface area contributed by atoms with Crippen molar-refractivity contribution >= 4 is 23.7 Å². The Labute approximate surface area is 163 Å². The summed E-state index contributed by atoms with van der Waals surface area (Å²) >= 11 is 1.80. The Morgan fingerprint density at radius 3 is 2.59 bits per heavy atom. The fourth-order valence-corrected chi connectivity index (χ4v) is 3.46. The maximum atomic E-state index is 12.2. The van der Waals surface area contributed by atoms with Gasteiger partial charge in [0.1, 0.15) is 0 Å². The monoisotopic (exact) mass is 381 g/mol. The smallest absolute Gasteiger partial charge is 0.322 e. The summed E-state index contributed by atoms with van der Waals surface area (Å²) in [5.41, 5.74) is 4.36. The number of hydrogen-bond acceptors (Lipinski definition) is 5. The Morgan fingerprint density at radius 2 is 1.89 bits per heavy atom. The lowest BCUT2D eigenvalue weighted by atomic mass is 10.0. The third kappa shape index (κ3) is 5.44. The molecule has 1 aromatic heterocycles. The molecule has 0 aliphatic heterocycles. The molecular weight excluding hydrogens is 358 g/mol. The summed E-state index contributed by atoms with van der Waals surface area (Å²) in [5, 5.41) is 10.6. The lowest BCUT2D eigenvalue weighted by Gasteiger charge is -2.06. The highest BCUT2D eigenvalue weighted by molar-refractivity contribution is 7.99. The van der Waals surface area contributed by atoms with Crippen LogP contribution in [-0.2, 0) is 17.6 Å². The lowest BCUT2D eigenvalue weighted by molar-refractivity contribution is -0.115. The lowest BCUT2D eigenvalue weighted by Crippen LogP contribution is -2.15. The van der Waals surface area contributed by atoms with Crippen LogP contribution in [0.15, 0.2) is 51.8 Å². The molecule has 3 aromatic rings. The Morgan fingerprint density at radius 1 is 1.11 bits per heavy atom. The van der Waals surface area contributed by atoms with E-state index < -0.39 is 0 Å². The first kappa shape index (κ1) is 19.2.